The van der Waals surface area contributed by atoms with E-state index in [9.17, 15) is 8.78 Å². The standard InChI is InChI=1S/C14H20F2N2O2/c1-12(2,3)20-14(5-6-14)18-10-7-11(9-17-8-10)19-13(4,15)16/h7-9,18H,5-6H2,1-4H3. The van der Waals surface area contributed by atoms with E-state index in [0.717, 1.165) is 12.8 Å². The van der Waals surface area contributed by atoms with Crippen molar-refractivity contribution < 1.29 is 18.3 Å². The lowest BCUT2D eigenvalue weighted by Crippen LogP contribution is -2.34. The summed E-state index contributed by atoms with van der Waals surface area (Å²) in [5.41, 5.74) is -0.0945. The minimum absolute atomic E-state index is 0.0223. The average molecular weight is 286 g/mol. The van der Waals surface area contributed by atoms with Gasteiger partial charge in [0.05, 0.1) is 23.7 Å². The van der Waals surface area contributed by atoms with E-state index in [1.165, 1.54) is 12.3 Å². The molecule has 0 atom stereocenters. The van der Waals surface area contributed by atoms with Crippen LogP contribution in [0.4, 0.5) is 14.5 Å². The molecule has 0 radical (unpaired) electrons. The van der Waals surface area contributed by atoms with Crippen molar-refractivity contribution in [3.8, 4) is 5.75 Å². The third-order valence-corrected chi connectivity index (χ3v) is 2.59. The number of aromatic nitrogens is 1. The van der Waals surface area contributed by atoms with Gasteiger partial charge in [-0.1, -0.05) is 0 Å². The molecule has 0 spiro atoms. The fourth-order valence-electron chi connectivity index (χ4n) is 1.97. The highest BCUT2D eigenvalue weighted by molar-refractivity contribution is 5.48. The van der Waals surface area contributed by atoms with E-state index in [2.05, 4.69) is 15.0 Å². The van der Waals surface area contributed by atoms with Gasteiger partial charge in [-0.15, -0.1) is 0 Å². The summed E-state index contributed by atoms with van der Waals surface area (Å²) in [5, 5.41) is 3.20. The van der Waals surface area contributed by atoms with Crippen LogP contribution in [0.2, 0.25) is 0 Å². The van der Waals surface area contributed by atoms with Crippen LogP contribution in [-0.4, -0.2) is 22.4 Å². The van der Waals surface area contributed by atoms with Gasteiger partial charge >= 0.3 is 6.11 Å². The largest absolute Gasteiger partial charge is 0.431 e. The van der Waals surface area contributed by atoms with Crippen molar-refractivity contribution in [3.05, 3.63) is 18.5 Å². The highest BCUT2D eigenvalue weighted by Gasteiger charge is 2.47. The Labute approximate surface area is 117 Å². The van der Waals surface area contributed by atoms with Gasteiger partial charge in [-0.25, -0.2) is 0 Å². The van der Waals surface area contributed by atoms with Gasteiger partial charge in [0.1, 0.15) is 11.5 Å². The molecule has 0 aromatic carbocycles. The summed E-state index contributed by atoms with van der Waals surface area (Å²) in [7, 11) is 0. The second kappa shape index (κ2) is 4.84. The first kappa shape index (κ1) is 15.0. The van der Waals surface area contributed by atoms with E-state index in [1.807, 2.05) is 20.8 Å². The van der Waals surface area contributed by atoms with E-state index in [0.29, 0.717) is 12.6 Å². The lowest BCUT2D eigenvalue weighted by Gasteiger charge is -2.29. The average Bonchev–Trinajstić information content (AvgIpc) is 2.92. The maximum absolute atomic E-state index is 12.8. The molecule has 0 saturated heterocycles. The molecule has 1 saturated carbocycles. The van der Waals surface area contributed by atoms with E-state index in [-0.39, 0.29) is 11.4 Å². The summed E-state index contributed by atoms with van der Waals surface area (Å²) in [4.78, 5) is 3.90. The zero-order valence-corrected chi connectivity index (χ0v) is 12.2. The third-order valence-electron chi connectivity index (χ3n) is 2.59. The molecule has 1 heterocycles. The summed E-state index contributed by atoms with van der Waals surface area (Å²) in [6, 6.07) is 1.50. The normalized spacial score (nSPS) is 17.7. The Morgan fingerprint density at radius 3 is 2.35 bits per heavy atom. The van der Waals surface area contributed by atoms with Gasteiger partial charge in [-0.2, -0.15) is 8.78 Å². The second-order valence-corrected chi connectivity index (χ2v) is 6.15. The predicted molar refractivity (Wildman–Crippen MR) is 71.9 cm³/mol. The van der Waals surface area contributed by atoms with Crippen LogP contribution in [0.25, 0.3) is 0 Å². The number of hydrogen-bond acceptors (Lipinski definition) is 4. The van der Waals surface area contributed by atoms with Gasteiger partial charge in [0.15, 0.2) is 0 Å². The summed E-state index contributed by atoms with van der Waals surface area (Å²) < 4.78 is 36.1. The zero-order valence-electron chi connectivity index (χ0n) is 12.2. The monoisotopic (exact) mass is 286 g/mol. The lowest BCUT2D eigenvalue weighted by molar-refractivity contribution is -0.159. The molecule has 1 aliphatic carbocycles. The third kappa shape index (κ3) is 4.59. The highest BCUT2D eigenvalue weighted by Crippen LogP contribution is 2.43. The predicted octanol–water partition coefficient (Wildman–Crippen LogP) is 3.79. The fourth-order valence-corrected chi connectivity index (χ4v) is 1.97. The summed E-state index contributed by atoms with van der Waals surface area (Å²) in [6.45, 7) is 6.62. The van der Waals surface area contributed by atoms with Crippen molar-refractivity contribution in [2.75, 3.05) is 5.32 Å². The molecule has 1 aromatic rings. The summed E-state index contributed by atoms with van der Waals surface area (Å²) >= 11 is 0. The molecule has 20 heavy (non-hydrogen) atoms. The topological polar surface area (TPSA) is 43.4 Å². The Hall–Kier alpha value is -1.43. The molecule has 1 aromatic heterocycles. The van der Waals surface area contributed by atoms with Crippen LogP contribution in [0.1, 0.15) is 40.5 Å². The van der Waals surface area contributed by atoms with Crippen LogP contribution >= 0.6 is 0 Å². The first-order chi connectivity index (χ1) is 9.07. The molecule has 0 unspecified atom stereocenters. The molecule has 1 aliphatic rings. The summed E-state index contributed by atoms with van der Waals surface area (Å²) in [5.74, 6) is 0.0223. The minimum atomic E-state index is -3.22. The summed E-state index contributed by atoms with van der Waals surface area (Å²) in [6.07, 6.45) is 1.34. The van der Waals surface area contributed by atoms with Gasteiger partial charge in [-0.05, 0) is 33.6 Å². The molecule has 1 N–H and O–H groups in total. The van der Waals surface area contributed by atoms with Crippen molar-refractivity contribution in [1.29, 1.82) is 0 Å². The first-order valence-corrected chi connectivity index (χ1v) is 6.57. The van der Waals surface area contributed by atoms with Gasteiger partial charge < -0.3 is 14.8 Å². The number of anilines is 1. The molecular weight excluding hydrogens is 266 g/mol. The molecule has 112 valence electrons. The number of nitrogens with zero attached hydrogens (tertiary/aromatic N) is 1. The SMILES string of the molecule is CC(C)(C)OC1(Nc2cncc(OC(C)(F)F)c2)CC1. The maximum Gasteiger partial charge on any atom is 0.394 e. The van der Waals surface area contributed by atoms with Crippen molar-refractivity contribution >= 4 is 5.69 Å². The quantitative estimate of drug-likeness (QED) is 0.836. The van der Waals surface area contributed by atoms with E-state index in [1.54, 1.807) is 6.20 Å². The molecule has 6 heteroatoms. The van der Waals surface area contributed by atoms with Gasteiger partial charge in [0.25, 0.3) is 0 Å². The number of nitrogens with one attached hydrogen (secondary N) is 1. The first-order valence-electron chi connectivity index (χ1n) is 6.57. The molecule has 4 nitrogen and oxygen atoms in total. The number of pyridine rings is 1. The molecule has 0 amide bonds. The Morgan fingerprint density at radius 2 is 1.85 bits per heavy atom. The number of alkyl halides is 2. The van der Waals surface area contributed by atoms with Gasteiger partial charge in [-0.3, -0.25) is 4.98 Å². The highest BCUT2D eigenvalue weighted by atomic mass is 19.3. The second-order valence-electron chi connectivity index (χ2n) is 6.15. The Balaban J connectivity index is 2.05. The van der Waals surface area contributed by atoms with Crippen LogP contribution in [0.15, 0.2) is 18.5 Å². The van der Waals surface area contributed by atoms with E-state index in [4.69, 9.17) is 4.74 Å². The van der Waals surface area contributed by atoms with Crippen molar-refractivity contribution in [2.45, 2.75) is 58.0 Å². The number of rotatable bonds is 5. The molecular formula is C14H20F2N2O2. The number of halogens is 2. The molecule has 1 fully saturated rings. The number of hydrogen-bond donors (Lipinski definition) is 1. The molecule has 0 bridgehead atoms. The smallest absolute Gasteiger partial charge is 0.394 e. The maximum atomic E-state index is 12.8. The van der Waals surface area contributed by atoms with Crippen LogP contribution in [0, 0.1) is 0 Å². The van der Waals surface area contributed by atoms with Crippen LogP contribution in [0.5, 0.6) is 5.75 Å². The fraction of sp³-hybridized carbons (Fsp3) is 0.643. The van der Waals surface area contributed by atoms with Gasteiger partial charge in [0.2, 0.25) is 0 Å². The van der Waals surface area contributed by atoms with Crippen molar-refractivity contribution in [1.82, 2.24) is 4.98 Å². The van der Waals surface area contributed by atoms with E-state index < -0.39 is 11.8 Å². The van der Waals surface area contributed by atoms with Crippen LogP contribution < -0.4 is 10.1 Å². The van der Waals surface area contributed by atoms with Crippen LogP contribution in [0.3, 0.4) is 0 Å². The Kier molecular flexibility index (Phi) is 3.62. The zero-order chi connectivity index (χ0) is 15.0. The minimum Gasteiger partial charge on any atom is -0.431 e. The van der Waals surface area contributed by atoms with Crippen molar-refractivity contribution in [3.63, 3.8) is 0 Å². The Bertz CT molecular complexity index is 477. The number of ether oxygens (including phenoxy) is 2. The molecule has 0 aliphatic heterocycles. The Morgan fingerprint density at radius 1 is 1.20 bits per heavy atom. The van der Waals surface area contributed by atoms with Gasteiger partial charge in [0, 0.05) is 13.0 Å². The lowest BCUT2D eigenvalue weighted by atomic mass is 10.2. The molecule has 2 rings (SSSR count). The van der Waals surface area contributed by atoms with E-state index >= 15 is 0 Å². The van der Waals surface area contributed by atoms with Crippen molar-refractivity contribution in [2.24, 2.45) is 0 Å². The van der Waals surface area contributed by atoms with Crippen LogP contribution in [-0.2, 0) is 4.74 Å².